The van der Waals surface area contributed by atoms with Crippen LogP contribution in [-0.2, 0) is 4.79 Å². The van der Waals surface area contributed by atoms with Gasteiger partial charge >= 0.3 is 0 Å². The number of nitrogens with zero attached hydrogens (tertiary/aromatic N) is 1. The highest BCUT2D eigenvalue weighted by atomic mass is 16.1. The zero-order valence-electron chi connectivity index (χ0n) is 9.85. The first-order valence-corrected chi connectivity index (χ1v) is 4.81. The van der Waals surface area contributed by atoms with E-state index in [1.165, 1.54) is 6.92 Å². The van der Waals surface area contributed by atoms with Gasteiger partial charge in [0.15, 0.2) is 5.78 Å². The summed E-state index contributed by atoms with van der Waals surface area (Å²) < 4.78 is 0. The van der Waals surface area contributed by atoms with E-state index in [0.717, 1.165) is 5.71 Å². The normalized spacial score (nSPS) is 10.9. The van der Waals surface area contributed by atoms with E-state index in [2.05, 4.69) is 22.6 Å². The van der Waals surface area contributed by atoms with Crippen molar-refractivity contribution in [2.24, 2.45) is 4.99 Å². The van der Waals surface area contributed by atoms with Crippen LogP contribution >= 0.6 is 0 Å². The molecule has 0 unspecified atom stereocenters. The van der Waals surface area contributed by atoms with E-state index in [1.54, 1.807) is 13.1 Å². The number of hydrogen-bond acceptors (Lipinski definition) is 3. The van der Waals surface area contributed by atoms with Gasteiger partial charge in [-0.15, -0.1) is 5.73 Å². The second kappa shape index (κ2) is 6.80. The van der Waals surface area contributed by atoms with E-state index in [-0.39, 0.29) is 5.78 Å². The van der Waals surface area contributed by atoms with Crippen molar-refractivity contribution >= 4 is 11.5 Å². The lowest BCUT2D eigenvalue weighted by Gasteiger charge is -2.07. The number of aliphatic imine (C=N–C) groups is 1. The Balaban J connectivity index is 5.26. The topological polar surface area (TPSA) is 41.5 Å². The second-order valence-electron chi connectivity index (χ2n) is 3.30. The average Bonchev–Trinajstić information content (AvgIpc) is 2.15. The predicted molar refractivity (Wildman–Crippen MR) is 63.9 cm³/mol. The van der Waals surface area contributed by atoms with Crippen LogP contribution in [0, 0.1) is 0 Å². The van der Waals surface area contributed by atoms with E-state index in [9.17, 15) is 4.79 Å². The summed E-state index contributed by atoms with van der Waals surface area (Å²) in [5.74, 6) is 0.629. The molecule has 0 spiro atoms. The van der Waals surface area contributed by atoms with Gasteiger partial charge in [-0.3, -0.25) is 4.79 Å². The maximum atomic E-state index is 11.4. The Morgan fingerprint density at radius 2 is 2.07 bits per heavy atom. The smallest absolute Gasteiger partial charge is 0.159 e. The number of ketones is 1. The Morgan fingerprint density at radius 3 is 2.40 bits per heavy atom. The Hall–Kier alpha value is -1.60. The summed E-state index contributed by atoms with van der Waals surface area (Å²) in [7, 11) is 1.75. The van der Waals surface area contributed by atoms with Gasteiger partial charge in [0.25, 0.3) is 0 Å². The van der Waals surface area contributed by atoms with Gasteiger partial charge in [0.05, 0.1) is 0 Å². The van der Waals surface area contributed by atoms with Crippen LogP contribution in [0.2, 0.25) is 0 Å². The zero-order chi connectivity index (χ0) is 11.8. The molecule has 1 N–H and O–H groups in total. The van der Waals surface area contributed by atoms with Crippen LogP contribution in [-0.4, -0.2) is 18.5 Å². The number of Topliss-reactive ketones (excluding diaryl/α,β-unsaturated/α-hetero) is 1. The number of nitrogens with one attached hydrogen (secondary N) is 1. The Labute approximate surface area is 91.3 Å². The van der Waals surface area contributed by atoms with Crippen molar-refractivity contribution < 1.29 is 4.79 Å². The third kappa shape index (κ3) is 4.99. The molecule has 0 amide bonds. The molecule has 0 radical (unpaired) electrons. The van der Waals surface area contributed by atoms with Crippen LogP contribution in [0.5, 0.6) is 0 Å². The van der Waals surface area contributed by atoms with Crippen molar-refractivity contribution in [3.05, 3.63) is 29.8 Å². The minimum Gasteiger partial charge on any atom is -0.373 e. The van der Waals surface area contributed by atoms with E-state index in [1.807, 2.05) is 13.8 Å². The predicted octanol–water partition coefficient (Wildman–Crippen LogP) is 2.22. The first kappa shape index (κ1) is 13.4. The molecule has 15 heavy (non-hydrogen) atoms. The molecule has 82 valence electrons. The number of carbonyl (C=O) groups is 1. The average molecular weight is 206 g/mol. The van der Waals surface area contributed by atoms with Crippen LogP contribution in [0.1, 0.15) is 27.2 Å². The first-order valence-electron chi connectivity index (χ1n) is 4.81. The third-order valence-electron chi connectivity index (χ3n) is 1.73. The van der Waals surface area contributed by atoms with Gasteiger partial charge in [0, 0.05) is 24.8 Å². The highest BCUT2D eigenvalue weighted by Crippen LogP contribution is 2.10. The number of rotatable bonds is 5. The Bertz CT molecular complexity index is 341. The molecule has 0 aromatic carbocycles. The molecule has 0 saturated carbocycles. The van der Waals surface area contributed by atoms with Crippen molar-refractivity contribution in [3.63, 3.8) is 0 Å². The van der Waals surface area contributed by atoms with E-state index in [4.69, 9.17) is 0 Å². The lowest BCUT2D eigenvalue weighted by Crippen LogP contribution is -2.12. The minimum atomic E-state index is 0.0100. The quantitative estimate of drug-likeness (QED) is 0.425. The summed E-state index contributed by atoms with van der Waals surface area (Å²) in [6.07, 6.45) is 2.22. The van der Waals surface area contributed by atoms with Crippen molar-refractivity contribution in [2.45, 2.75) is 27.2 Å². The van der Waals surface area contributed by atoms with Gasteiger partial charge < -0.3 is 5.32 Å². The van der Waals surface area contributed by atoms with Crippen molar-refractivity contribution in [1.29, 1.82) is 0 Å². The molecular formula is C12H18N2O. The van der Waals surface area contributed by atoms with E-state index < -0.39 is 0 Å². The molecule has 0 aromatic rings. The fraction of sp³-hybridized carbons (Fsp3) is 0.417. The van der Waals surface area contributed by atoms with Gasteiger partial charge in [0.1, 0.15) is 5.82 Å². The molecule has 3 nitrogen and oxygen atoms in total. The molecule has 0 fully saturated rings. The summed E-state index contributed by atoms with van der Waals surface area (Å²) in [5.41, 5.74) is 4.20. The molecule has 0 aliphatic rings. The Morgan fingerprint density at radius 1 is 1.47 bits per heavy atom. The van der Waals surface area contributed by atoms with Crippen LogP contribution in [0.4, 0.5) is 0 Å². The lowest BCUT2D eigenvalue weighted by atomic mass is 10.1. The van der Waals surface area contributed by atoms with Crippen molar-refractivity contribution in [1.82, 2.24) is 5.32 Å². The SMILES string of the molecule is C=C=CC/C(C(C)=O)=C(/N=C(C)C)NC. The van der Waals surface area contributed by atoms with Gasteiger partial charge in [-0.25, -0.2) is 4.99 Å². The van der Waals surface area contributed by atoms with Gasteiger partial charge in [-0.2, -0.15) is 0 Å². The number of allylic oxidation sites excluding steroid dienone is 2. The molecular weight excluding hydrogens is 188 g/mol. The molecule has 0 aliphatic heterocycles. The lowest BCUT2D eigenvalue weighted by molar-refractivity contribution is -0.113. The molecule has 0 aromatic heterocycles. The second-order valence-corrected chi connectivity index (χ2v) is 3.30. The highest BCUT2D eigenvalue weighted by molar-refractivity contribution is 5.94. The standard InChI is InChI=1S/C12H18N2O/c1-6-7-8-11(10(4)15)12(13-5)14-9(2)3/h7,13H,1,8H2,2-5H3/b12-11-. The van der Waals surface area contributed by atoms with E-state index in [0.29, 0.717) is 17.8 Å². The summed E-state index contributed by atoms with van der Waals surface area (Å²) >= 11 is 0. The molecule has 0 bridgehead atoms. The van der Waals surface area contributed by atoms with Crippen LogP contribution < -0.4 is 5.32 Å². The van der Waals surface area contributed by atoms with Gasteiger partial charge in [-0.05, 0) is 26.8 Å². The molecule has 0 heterocycles. The summed E-state index contributed by atoms with van der Waals surface area (Å²) in [6, 6.07) is 0. The Kier molecular flexibility index (Phi) is 6.07. The third-order valence-corrected chi connectivity index (χ3v) is 1.73. The number of carbonyl (C=O) groups excluding carboxylic acids is 1. The minimum absolute atomic E-state index is 0.0100. The molecule has 0 saturated heterocycles. The summed E-state index contributed by atoms with van der Waals surface area (Å²) in [5, 5.41) is 2.93. The summed E-state index contributed by atoms with van der Waals surface area (Å²) in [4.78, 5) is 15.7. The maximum absolute atomic E-state index is 11.4. The van der Waals surface area contributed by atoms with E-state index >= 15 is 0 Å². The monoisotopic (exact) mass is 206 g/mol. The van der Waals surface area contributed by atoms with Crippen LogP contribution in [0.3, 0.4) is 0 Å². The van der Waals surface area contributed by atoms with Gasteiger partial charge in [0.2, 0.25) is 0 Å². The summed E-state index contributed by atoms with van der Waals surface area (Å²) in [6.45, 7) is 8.77. The highest BCUT2D eigenvalue weighted by Gasteiger charge is 2.08. The maximum Gasteiger partial charge on any atom is 0.159 e. The largest absolute Gasteiger partial charge is 0.373 e. The fourth-order valence-corrected chi connectivity index (χ4v) is 1.08. The van der Waals surface area contributed by atoms with Crippen molar-refractivity contribution in [3.8, 4) is 0 Å². The number of hydrogen-bond donors (Lipinski definition) is 1. The van der Waals surface area contributed by atoms with Crippen molar-refractivity contribution in [2.75, 3.05) is 7.05 Å². The van der Waals surface area contributed by atoms with Gasteiger partial charge in [-0.1, -0.05) is 6.58 Å². The molecule has 0 aliphatic carbocycles. The molecule has 0 atom stereocenters. The molecule has 0 rings (SSSR count). The van der Waals surface area contributed by atoms with Crippen LogP contribution in [0.15, 0.2) is 34.8 Å². The zero-order valence-corrected chi connectivity index (χ0v) is 9.85. The fourth-order valence-electron chi connectivity index (χ4n) is 1.08. The van der Waals surface area contributed by atoms with Crippen LogP contribution in [0.25, 0.3) is 0 Å². The first-order chi connectivity index (χ1) is 7.02. The molecule has 3 heteroatoms.